The Morgan fingerprint density at radius 3 is 2.65 bits per heavy atom. The summed E-state index contributed by atoms with van der Waals surface area (Å²) in [5.74, 6) is 0.0158. The SMILES string of the molecule is O=C(/C=C/c1ccccc1I)c1c[nH]c2ccccc12. The molecular weight excluding hydrogens is 361 g/mol. The van der Waals surface area contributed by atoms with Gasteiger partial charge in [-0.05, 0) is 46.4 Å². The van der Waals surface area contributed by atoms with Crippen molar-refractivity contribution in [1.82, 2.24) is 4.98 Å². The zero-order chi connectivity index (χ0) is 13.9. The van der Waals surface area contributed by atoms with Crippen LogP contribution in [0.4, 0.5) is 0 Å². The van der Waals surface area contributed by atoms with Crippen LogP contribution >= 0.6 is 22.6 Å². The zero-order valence-corrected chi connectivity index (χ0v) is 12.8. The van der Waals surface area contributed by atoms with Crippen molar-refractivity contribution in [3.05, 3.63) is 75.5 Å². The van der Waals surface area contributed by atoms with E-state index < -0.39 is 0 Å². The average Bonchev–Trinajstić information content (AvgIpc) is 2.90. The van der Waals surface area contributed by atoms with E-state index in [0.717, 1.165) is 20.0 Å². The Hall–Kier alpha value is -1.88. The normalized spacial score (nSPS) is 11.2. The van der Waals surface area contributed by atoms with Gasteiger partial charge < -0.3 is 4.98 Å². The number of hydrogen-bond donors (Lipinski definition) is 1. The maximum Gasteiger partial charge on any atom is 0.188 e. The molecule has 20 heavy (non-hydrogen) atoms. The second kappa shape index (κ2) is 5.63. The average molecular weight is 373 g/mol. The first-order chi connectivity index (χ1) is 9.75. The second-order valence-electron chi connectivity index (χ2n) is 4.47. The number of carbonyl (C=O) groups is 1. The van der Waals surface area contributed by atoms with Gasteiger partial charge in [0, 0.05) is 26.2 Å². The summed E-state index contributed by atoms with van der Waals surface area (Å²) in [5.41, 5.74) is 2.75. The highest BCUT2D eigenvalue weighted by molar-refractivity contribution is 14.1. The highest BCUT2D eigenvalue weighted by Gasteiger charge is 2.08. The van der Waals surface area contributed by atoms with Gasteiger partial charge in [-0.3, -0.25) is 4.79 Å². The van der Waals surface area contributed by atoms with Gasteiger partial charge in [0.05, 0.1) is 0 Å². The largest absolute Gasteiger partial charge is 0.360 e. The molecule has 0 unspecified atom stereocenters. The molecule has 3 heteroatoms. The fourth-order valence-electron chi connectivity index (χ4n) is 2.14. The van der Waals surface area contributed by atoms with E-state index in [1.807, 2.05) is 54.6 Å². The lowest BCUT2D eigenvalue weighted by atomic mass is 10.1. The van der Waals surface area contributed by atoms with Crippen molar-refractivity contribution in [2.24, 2.45) is 0 Å². The number of fused-ring (bicyclic) bond motifs is 1. The van der Waals surface area contributed by atoms with Crippen LogP contribution in [0.25, 0.3) is 17.0 Å². The Kier molecular flexibility index (Phi) is 3.69. The Labute approximate surface area is 130 Å². The molecule has 0 radical (unpaired) electrons. The molecule has 0 aliphatic rings. The standard InChI is InChI=1S/C17H12INO/c18-15-7-3-1-5-12(15)9-10-17(20)14-11-19-16-8-4-2-6-13(14)16/h1-11,19H/b10-9+. The lowest BCUT2D eigenvalue weighted by molar-refractivity contribution is 0.104. The minimum Gasteiger partial charge on any atom is -0.360 e. The molecule has 0 saturated carbocycles. The predicted molar refractivity (Wildman–Crippen MR) is 90.8 cm³/mol. The van der Waals surface area contributed by atoms with E-state index in [9.17, 15) is 4.79 Å². The first-order valence-electron chi connectivity index (χ1n) is 6.29. The van der Waals surface area contributed by atoms with Gasteiger partial charge in [-0.2, -0.15) is 0 Å². The van der Waals surface area contributed by atoms with E-state index in [4.69, 9.17) is 0 Å². The number of allylic oxidation sites excluding steroid dienone is 1. The summed E-state index contributed by atoms with van der Waals surface area (Å²) in [6.07, 6.45) is 5.27. The van der Waals surface area contributed by atoms with E-state index in [1.165, 1.54) is 0 Å². The lowest BCUT2D eigenvalue weighted by Crippen LogP contribution is -1.92. The number of carbonyl (C=O) groups excluding carboxylic acids is 1. The first kappa shape index (κ1) is 13.1. The number of ketones is 1. The molecule has 98 valence electrons. The van der Waals surface area contributed by atoms with Gasteiger partial charge >= 0.3 is 0 Å². The van der Waals surface area contributed by atoms with E-state index in [2.05, 4.69) is 27.6 Å². The third-order valence-electron chi connectivity index (χ3n) is 3.17. The molecule has 0 aliphatic carbocycles. The number of hydrogen-bond acceptors (Lipinski definition) is 1. The monoisotopic (exact) mass is 373 g/mol. The maximum absolute atomic E-state index is 12.3. The molecule has 0 amide bonds. The van der Waals surface area contributed by atoms with Gasteiger partial charge in [0.2, 0.25) is 0 Å². The number of H-pyrrole nitrogens is 1. The smallest absolute Gasteiger partial charge is 0.188 e. The number of aromatic nitrogens is 1. The molecule has 3 aromatic rings. The van der Waals surface area contributed by atoms with Gasteiger partial charge in [-0.15, -0.1) is 0 Å². The molecule has 1 aromatic heterocycles. The van der Waals surface area contributed by atoms with Crippen molar-refractivity contribution in [2.45, 2.75) is 0 Å². The van der Waals surface area contributed by atoms with Crippen molar-refractivity contribution >= 4 is 45.4 Å². The van der Waals surface area contributed by atoms with Gasteiger partial charge in [-0.1, -0.05) is 42.5 Å². The van der Waals surface area contributed by atoms with E-state index >= 15 is 0 Å². The number of aromatic amines is 1. The predicted octanol–water partition coefficient (Wildman–Crippen LogP) is 4.67. The van der Waals surface area contributed by atoms with Crippen molar-refractivity contribution < 1.29 is 4.79 Å². The van der Waals surface area contributed by atoms with Crippen molar-refractivity contribution in [2.75, 3.05) is 0 Å². The minimum atomic E-state index is 0.0158. The van der Waals surface area contributed by atoms with Crippen LogP contribution < -0.4 is 0 Å². The minimum absolute atomic E-state index is 0.0158. The first-order valence-corrected chi connectivity index (χ1v) is 7.36. The number of halogens is 1. The van der Waals surface area contributed by atoms with E-state index in [0.29, 0.717) is 5.56 Å². The summed E-state index contributed by atoms with van der Waals surface area (Å²) < 4.78 is 1.13. The molecule has 3 rings (SSSR count). The van der Waals surface area contributed by atoms with Crippen LogP contribution in [-0.4, -0.2) is 10.8 Å². The van der Waals surface area contributed by atoms with Crippen LogP contribution in [0.3, 0.4) is 0 Å². The molecule has 0 atom stereocenters. The Morgan fingerprint density at radius 1 is 1.05 bits per heavy atom. The molecule has 0 saturated heterocycles. The van der Waals surface area contributed by atoms with Crippen LogP contribution in [0.5, 0.6) is 0 Å². The van der Waals surface area contributed by atoms with Crippen molar-refractivity contribution in [3.63, 3.8) is 0 Å². The Bertz CT molecular complexity index is 801. The maximum atomic E-state index is 12.3. The van der Waals surface area contributed by atoms with Crippen LogP contribution in [-0.2, 0) is 0 Å². The second-order valence-corrected chi connectivity index (χ2v) is 5.63. The molecule has 1 N–H and O–H groups in total. The molecule has 2 nitrogen and oxygen atoms in total. The highest BCUT2D eigenvalue weighted by Crippen LogP contribution is 2.19. The van der Waals surface area contributed by atoms with Gasteiger partial charge in [0.15, 0.2) is 5.78 Å². The molecule has 2 aromatic carbocycles. The molecule has 0 bridgehead atoms. The Balaban J connectivity index is 1.92. The van der Waals surface area contributed by atoms with Crippen LogP contribution in [0.2, 0.25) is 0 Å². The summed E-state index contributed by atoms with van der Waals surface area (Å²) >= 11 is 2.27. The lowest BCUT2D eigenvalue weighted by Gasteiger charge is -1.97. The molecule has 0 fully saturated rings. The van der Waals surface area contributed by atoms with Gasteiger partial charge in [-0.25, -0.2) is 0 Å². The van der Waals surface area contributed by atoms with Crippen molar-refractivity contribution in [1.29, 1.82) is 0 Å². The van der Waals surface area contributed by atoms with Crippen LogP contribution in [0, 0.1) is 3.57 Å². The van der Waals surface area contributed by atoms with Crippen molar-refractivity contribution in [3.8, 4) is 0 Å². The quantitative estimate of drug-likeness (QED) is 0.404. The molecule has 1 heterocycles. The summed E-state index contributed by atoms with van der Waals surface area (Å²) in [6.45, 7) is 0. The third kappa shape index (κ3) is 2.54. The molecule has 0 spiro atoms. The number of nitrogens with one attached hydrogen (secondary N) is 1. The topological polar surface area (TPSA) is 32.9 Å². The Morgan fingerprint density at radius 2 is 1.80 bits per heavy atom. The summed E-state index contributed by atoms with van der Waals surface area (Å²) in [4.78, 5) is 15.4. The van der Waals surface area contributed by atoms with Gasteiger partial charge in [0.1, 0.15) is 0 Å². The summed E-state index contributed by atoms with van der Waals surface area (Å²) in [5, 5.41) is 0.963. The fraction of sp³-hybridized carbons (Fsp3) is 0. The number of para-hydroxylation sites is 1. The highest BCUT2D eigenvalue weighted by atomic mass is 127. The summed E-state index contributed by atoms with van der Waals surface area (Å²) in [7, 11) is 0. The van der Waals surface area contributed by atoms with Crippen LogP contribution in [0.1, 0.15) is 15.9 Å². The van der Waals surface area contributed by atoms with Crippen LogP contribution in [0.15, 0.2) is 60.8 Å². The third-order valence-corrected chi connectivity index (χ3v) is 4.16. The number of rotatable bonds is 3. The van der Waals surface area contributed by atoms with E-state index in [1.54, 1.807) is 12.3 Å². The fourth-order valence-corrected chi connectivity index (χ4v) is 2.71. The zero-order valence-electron chi connectivity index (χ0n) is 10.6. The number of benzene rings is 2. The molecule has 0 aliphatic heterocycles. The molecular formula is C17H12INO. The van der Waals surface area contributed by atoms with Gasteiger partial charge in [0.25, 0.3) is 0 Å². The van der Waals surface area contributed by atoms with E-state index in [-0.39, 0.29) is 5.78 Å². The summed E-state index contributed by atoms with van der Waals surface area (Å²) in [6, 6.07) is 15.8.